The van der Waals surface area contributed by atoms with Crippen molar-refractivity contribution in [1.29, 1.82) is 0 Å². The Morgan fingerprint density at radius 2 is 2.45 bits per heavy atom. The van der Waals surface area contributed by atoms with Crippen molar-refractivity contribution in [2.75, 3.05) is 6.54 Å². The highest BCUT2D eigenvalue weighted by molar-refractivity contribution is 5.11. The molecule has 0 saturated carbocycles. The van der Waals surface area contributed by atoms with Crippen LogP contribution in [0.25, 0.3) is 4.85 Å². The van der Waals surface area contributed by atoms with E-state index in [9.17, 15) is 4.39 Å². The summed E-state index contributed by atoms with van der Waals surface area (Å²) < 4.78 is 12.7. The van der Waals surface area contributed by atoms with Crippen molar-refractivity contribution in [3.8, 4) is 0 Å². The number of halogens is 1. The first kappa shape index (κ1) is 7.67. The maximum Gasteiger partial charge on any atom is 0.218 e. The van der Waals surface area contributed by atoms with Gasteiger partial charge in [-0.05, 0) is 6.07 Å². The third-order valence-corrected chi connectivity index (χ3v) is 1.33. The molecule has 0 N–H and O–H groups in total. The minimum absolute atomic E-state index is 0.322. The fourth-order valence-corrected chi connectivity index (χ4v) is 0.782. The van der Waals surface area contributed by atoms with Crippen LogP contribution in [0.1, 0.15) is 5.56 Å². The van der Waals surface area contributed by atoms with E-state index in [4.69, 9.17) is 6.57 Å². The zero-order valence-electron chi connectivity index (χ0n) is 5.92. The largest absolute Gasteiger partial charge is 0.317 e. The Balaban J connectivity index is 2.71. The van der Waals surface area contributed by atoms with Gasteiger partial charge < -0.3 is 4.85 Å². The van der Waals surface area contributed by atoms with Gasteiger partial charge >= 0.3 is 0 Å². The molecule has 0 fully saturated rings. The first-order valence-electron chi connectivity index (χ1n) is 3.27. The van der Waals surface area contributed by atoms with Crippen molar-refractivity contribution in [2.45, 2.75) is 6.42 Å². The van der Waals surface area contributed by atoms with Crippen LogP contribution in [0.2, 0.25) is 0 Å². The van der Waals surface area contributed by atoms with E-state index in [2.05, 4.69) is 9.83 Å². The van der Waals surface area contributed by atoms with Crippen LogP contribution >= 0.6 is 0 Å². The number of pyridine rings is 1. The van der Waals surface area contributed by atoms with Crippen LogP contribution in [-0.2, 0) is 6.42 Å². The SMILES string of the molecule is [C-]#[N+]CCc1cccnc1F. The van der Waals surface area contributed by atoms with Crippen LogP contribution in [0, 0.1) is 12.5 Å². The van der Waals surface area contributed by atoms with Gasteiger partial charge in [0.15, 0.2) is 0 Å². The van der Waals surface area contributed by atoms with Crippen molar-refractivity contribution < 1.29 is 4.39 Å². The van der Waals surface area contributed by atoms with E-state index < -0.39 is 5.95 Å². The Kier molecular flexibility index (Phi) is 2.56. The number of rotatable bonds is 2. The van der Waals surface area contributed by atoms with Gasteiger partial charge in [-0.2, -0.15) is 4.39 Å². The van der Waals surface area contributed by atoms with E-state index in [-0.39, 0.29) is 0 Å². The standard InChI is InChI=1S/C8H7FN2/c1-10-6-4-7-3-2-5-11-8(7)9/h2-3,5H,4,6H2. The van der Waals surface area contributed by atoms with E-state index in [1.54, 1.807) is 12.1 Å². The van der Waals surface area contributed by atoms with Crippen LogP contribution in [0.3, 0.4) is 0 Å². The molecule has 0 spiro atoms. The zero-order chi connectivity index (χ0) is 8.10. The lowest BCUT2D eigenvalue weighted by atomic mass is 10.2. The van der Waals surface area contributed by atoms with Gasteiger partial charge in [0.1, 0.15) is 0 Å². The predicted molar refractivity (Wildman–Crippen MR) is 39.4 cm³/mol. The van der Waals surface area contributed by atoms with Gasteiger partial charge in [-0.1, -0.05) is 6.07 Å². The van der Waals surface area contributed by atoms with E-state index in [0.29, 0.717) is 18.5 Å². The van der Waals surface area contributed by atoms with Crippen LogP contribution in [0.4, 0.5) is 4.39 Å². The van der Waals surface area contributed by atoms with Crippen molar-refractivity contribution in [3.05, 3.63) is 41.3 Å². The van der Waals surface area contributed by atoms with Crippen LogP contribution in [-0.4, -0.2) is 11.5 Å². The second-order valence-electron chi connectivity index (χ2n) is 2.09. The van der Waals surface area contributed by atoms with Crippen LogP contribution in [0.5, 0.6) is 0 Å². The number of nitrogens with zero attached hydrogens (tertiary/aromatic N) is 2. The summed E-state index contributed by atoms with van der Waals surface area (Å²) in [7, 11) is 0. The van der Waals surface area contributed by atoms with Crippen molar-refractivity contribution in [1.82, 2.24) is 4.98 Å². The Morgan fingerprint density at radius 1 is 1.64 bits per heavy atom. The first-order valence-corrected chi connectivity index (χ1v) is 3.27. The minimum Gasteiger partial charge on any atom is -0.317 e. The van der Waals surface area contributed by atoms with Gasteiger partial charge in [0.05, 0.1) is 0 Å². The Bertz CT molecular complexity index is 278. The highest BCUT2D eigenvalue weighted by Crippen LogP contribution is 2.03. The van der Waals surface area contributed by atoms with Gasteiger partial charge in [-0.25, -0.2) is 11.6 Å². The molecule has 0 atom stereocenters. The average molecular weight is 150 g/mol. The summed E-state index contributed by atoms with van der Waals surface area (Å²) in [5, 5.41) is 0. The molecule has 1 heterocycles. The molecule has 0 aliphatic rings. The lowest BCUT2D eigenvalue weighted by molar-refractivity contribution is 0.568. The molecular weight excluding hydrogens is 143 g/mol. The summed E-state index contributed by atoms with van der Waals surface area (Å²) in [6.45, 7) is 6.83. The summed E-state index contributed by atoms with van der Waals surface area (Å²) in [4.78, 5) is 6.59. The summed E-state index contributed by atoms with van der Waals surface area (Å²) in [5.41, 5.74) is 0.517. The van der Waals surface area contributed by atoms with Crippen molar-refractivity contribution >= 4 is 0 Å². The van der Waals surface area contributed by atoms with Gasteiger partial charge in [0.2, 0.25) is 12.5 Å². The second-order valence-corrected chi connectivity index (χ2v) is 2.09. The van der Waals surface area contributed by atoms with Crippen LogP contribution < -0.4 is 0 Å². The molecule has 11 heavy (non-hydrogen) atoms. The third kappa shape index (κ3) is 2.01. The maximum absolute atomic E-state index is 12.7. The predicted octanol–water partition coefficient (Wildman–Crippen LogP) is 1.68. The summed E-state index contributed by atoms with van der Waals surface area (Å²) in [6, 6.07) is 3.32. The molecule has 1 rings (SSSR count). The zero-order valence-corrected chi connectivity index (χ0v) is 5.92. The number of hydrogen-bond acceptors (Lipinski definition) is 1. The molecule has 0 aliphatic heterocycles. The molecule has 1 aromatic rings. The molecule has 1 aromatic heterocycles. The molecule has 0 unspecified atom stereocenters. The average Bonchev–Trinajstić information content (AvgIpc) is 2.03. The molecule has 0 amide bonds. The summed E-state index contributed by atoms with van der Waals surface area (Å²) >= 11 is 0. The molecule has 0 aliphatic carbocycles. The Hall–Kier alpha value is -1.43. The fraction of sp³-hybridized carbons (Fsp3) is 0.250. The van der Waals surface area contributed by atoms with Gasteiger partial charge in [-0.3, -0.25) is 0 Å². The molecule has 2 nitrogen and oxygen atoms in total. The molecular formula is C8H7FN2. The maximum atomic E-state index is 12.7. The topological polar surface area (TPSA) is 17.2 Å². The van der Waals surface area contributed by atoms with Gasteiger partial charge in [0, 0.05) is 18.2 Å². The first-order chi connectivity index (χ1) is 5.34. The van der Waals surface area contributed by atoms with E-state index in [0.717, 1.165) is 0 Å². The normalized spacial score (nSPS) is 9.09. The van der Waals surface area contributed by atoms with Crippen molar-refractivity contribution in [2.24, 2.45) is 0 Å². The van der Waals surface area contributed by atoms with Gasteiger partial charge in [0.25, 0.3) is 0 Å². The lowest BCUT2D eigenvalue weighted by Crippen LogP contribution is -1.94. The van der Waals surface area contributed by atoms with E-state index >= 15 is 0 Å². The van der Waals surface area contributed by atoms with Crippen LogP contribution in [0.15, 0.2) is 18.3 Å². The molecule has 0 radical (unpaired) electrons. The van der Waals surface area contributed by atoms with Crippen molar-refractivity contribution in [3.63, 3.8) is 0 Å². The molecule has 0 bridgehead atoms. The smallest absolute Gasteiger partial charge is 0.218 e. The highest BCUT2D eigenvalue weighted by Gasteiger charge is 2.01. The fourth-order valence-electron chi connectivity index (χ4n) is 0.782. The molecule has 0 saturated heterocycles. The molecule has 56 valence electrons. The van der Waals surface area contributed by atoms with Gasteiger partial charge in [-0.15, -0.1) is 0 Å². The number of hydrogen-bond donors (Lipinski definition) is 0. The summed E-state index contributed by atoms with van der Waals surface area (Å²) in [6.07, 6.45) is 1.85. The number of aromatic nitrogens is 1. The third-order valence-electron chi connectivity index (χ3n) is 1.33. The monoisotopic (exact) mass is 150 g/mol. The quantitative estimate of drug-likeness (QED) is 0.463. The van der Waals surface area contributed by atoms with E-state index in [1.807, 2.05) is 0 Å². The lowest BCUT2D eigenvalue weighted by Gasteiger charge is -1.94. The summed E-state index contributed by atoms with van der Waals surface area (Å²) in [5.74, 6) is -0.462. The Morgan fingerprint density at radius 3 is 3.09 bits per heavy atom. The molecule has 0 aromatic carbocycles. The minimum atomic E-state index is -0.462. The second kappa shape index (κ2) is 3.67. The molecule has 3 heteroatoms. The Labute approximate surface area is 64.5 Å². The van der Waals surface area contributed by atoms with E-state index in [1.165, 1.54) is 6.20 Å². The highest BCUT2D eigenvalue weighted by atomic mass is 19.1.